The molecule has 0 aliphatic heterocycles. The highest BCUT2D eigenvalue weighted by atomic mass is 16.4. The molecule has 0 bridgehead atoms. The number of benzene rings is 1. The Balaban J connectivity index is 2.02. The van der Waals surface area contributed by atoms with Crippen LogP contribution in [0, 0.1) is 0 Å². The van der Waals surface area contributed by atoms with Crippen molar-refractivity contribution < 1.29 is 14.7 Å². The van der Waals surface area contributed by atoms with E-state index in [0.29, 0.717) is 13.0 Å². The molecule has 0 atom stereocenters. The van der Waals surface area contributed by atoms with Crippen molar-refractivity contribution in [2.45, 2.75) is 51.0 Å². The van der Waals surface area contributed by atoms with Crippen molar-refractivity contribution in [1.29, 1.82) is 0 Å². The minimum Gasteiger partial charge on any atom is -0.481 e. The van der Waals surface area contributed by atoms with Crippen LogP contribution in [-0.2, 0) is 16.0 Å². The summed E-state index contributed by atoms with van der Waals surface area (Å²) in [5.41, 5.74) is 0.985. The van der Waals surface area contributed by atoms with Gasteiger partial charge in [0.1, 0.15) is 0 Å². The zero-order chi connectivity index (χ0) is 15.1. The Morgan fingerprint density at radius 1 is 1.10 bits per heavy atom. The van der Waals surface area contributed by atoms with Crippen molar-refractivity contribution in [2.75, 3.05) is 6.54 Å². The summed E-state index contributed by atoms with van der Waals surface area (Å²) >= 11 is 0. The summed E-state index contributed by atoms with van der Waals surface area (Å²) in [5.74, 6) is -0.794. The van der Waals surface area contributed by atoms with Gasteiger partial charge in [0.25, 0.3) is 0 Å². The van der Waals surface area contributed by atoms with Gasteiger partial charge in [0.2, 0.25) is 5.91 Å². The second kappa shape index (κ2) is 7.81. The van der Waals surface area contributed by atoms with E-state index in [1.807, 2.05) is 30.3 Å². The number of carboxylic acid groups (broad SMARTS) is 1. The lowest BCUT2D eigenvalue weighted by Crippen LogP contribution is -2.43. The van der Waals surface area contributed by atoms with E-state index in [9.17, 15) is 9.59 Å². The quantitative estimate of drug-likeness (QED) is 0.876. The predicted molar refractivity (Wildman–Crippen MR) is 81.0 cm³/mol. The average molecular weight is 289 g/mol. The van der Waals surface area contributed by atoms with Gasteiger partial charge in [-0.05, 0) is 18.4 Å². The number of aliphatic carboxylic acids is 1. The third-order valence-electron chi connectivity index (χ3n) is 4.10. The molecule has 4 heteroatoms. The van der Waals surface area contributed by atoms with E-state index in [1.54, 1.807) is 4.90 Å². The molecule has 0 saturated heterocycles. The second-order valence-corrected chi connectivity index (χ2v) is 5.69. The van der Waals surface area contributed by atoms with Gasteiger partial charge in [0, 0.05) is 12.6 Å². The zero-order valence-electron chi connectivity index (χ0n) is 12.3. The number of hydrogen-bond donors (Lipinski definition) is 1. The molecule has 1 aromatic carbocycles. The van der Waals surface area contributed by atoms with E-state index in [1.165, 1.54) is 6.42 Å². The number of amides is 1. The molecule has 0 aromatic heterocycles. The lowest BCUT2D eigenvalue weighted by atomic mass is 9.93. The molecule has 0 heterocycles. The molecule has 0 radical (unpaired) electrons. The van der Waals surface area contributed by atoms with Crippen molar-refractivity contribution in [3.8, 4) is 0 Å². The number of rotatable bonds is 6. The number of nitrogens with zero attached hydrogens (tertiary/aromatic N) is 1. The van der Waals surface area contributed by atoms with Gasteiger partial charge in [-0.15, -0.1) is 0 Å². The summed E-state index contributed by atoms with van der Waals surface area (Å²) in [5, 5.41) is 8.89. The number of carbonyl (C=O) groups excluding carboxylic acids is 1. The van der Waals surface area contributed by atoms with Crippen molar-refractivity contribution in [2.24, 2.45) is 0 Å². The van der Waals surface area contributed by atoms with Crippen LogP contribution >= 0.6 is 0 Å². The molecule has 1 fully saturated rings. The number of carboxylic acids is 1. The summed E-state index contributed by atoms with van der Waals surface area (Å²) in [4.78, 5) is 25.2. The molecule has 1 amide bonds. The van der Waals surface area contributed by atoms with Gasteiger partial charge >= 0.3 is 5.97 Å². The predicted octanol–water partition coefficient (Wildman–Crippen LogP) is 2.87. The van der Waals surface area contributed by atoms with Crippen LogP contribution < -0.4 is 0 Å². The monoisotopic (exact) mass is 289 g/mol. The summed E-state index contributed by atoms with van der Waals surface area (Å²) in [6, 6.07) is 9.86. The van der Waals surface area contributed by atoms with E-state index in [4.69, 9.17) is 5.11 Å². The van der Waals surface area contributed by atoms with Crippen molar-refractivity contribution in [3.05, 3.63) is 35.9 Å². The second-order valence-electron chi connectivity index (χ2n) is 5.69. The molecule has 2 rings (SSSR count). The van der Waals surface area contributed by atoms with Gasteiger partial charge in [-0.25, -0.2) is 0 Å². The first kappa shape index (κ1) is 15.5. The van der Waals surface area contributed by atoms with Gasteiger partial charge in [0.05, 0.1) is 12.8 Å². The Morgan fingerprint density at radius 3 is 2.38 bits per heavy atom. The van der Waals surface area contributed by atoms with Crippen molar-refractivity contribution in [3.63, 3.8) is 0 Å². The standard InChI is InChI=1S/C17H23NO3/c19-16(13-14-7-3-1-4-8-14)18(12-11-17(20)21)15-9-5-2-6-10-15/h1,3-4,7-8,15H,2,5-6,9-13H2,(H,20,21). The molecule has 4 nitrogen and oxygen atoms in total. The van der Waals surface area contributed by atoms with Crippen LogP contribution in [0.4, 0.5) is 0 Å². The third-order valence-corrected chi connectivity index (χ3v) is 4.10. The summed E-state index contributed by atoms with van der Waals surface area (Å²) < 4.78 is 0. The van der Waals surface area contributed by atoms with Crippen LogP contribution in [0.5, 0.6) is 0 Å². The molecule has 1 N–H and O–H groups in total. The first-order valence-electron chi connectivity index (χ1n) is 7.72. The maximum atomic E-state index is 12.6. The molecular formula is C17H23NO3. The van der Waals surface area contributed by atoms with E-state index in [2.05, 4.69) is 0 Å². The minimum atomic E-state index is -0.844. The van der Waals surface area contributed by atoms with Crippen LogP contribution in [0.15, 0.2) is 30.3 Å². The SMILES string of the molecule is O=C(O)CCN(C(=O)Cc1ccccc1)C1CCCCC1. The third kappa shape index (κ3) is 4.88. The Kier molecular flexibility index (Phi) is 5.78. The van der Waals surface area contributed by atoms with Crippen molar-refractivity contribution >= 4 is 11.9 Å². The van der Waals surface area contributed by atoms with Gasteiger partial charge in [-0.1, -0.05) is 49.6 Å². The van der Waals surface area contributed by atoms with Crippen molar-refractivity contribution in [1.82, 2.24) is 4.90 Å². The van der Waals surface area contributed by atoms with Crippen LogP contribution in [0.3, 0.4) is 0 Å². The zero-order valence-corrected chi connectivity index (χ0v) is 12.3. The lowest BCUT2D eigenvalue weighted by molar-refractivity contribution is -0.139. The largest absolute Gasteiger partial charge is 0.481 e. The van der Waals surface area contributed by atoms with Gasteiger partial charge in [-0.2, -0.15) is 0 Å². The highest BCUT2D eigenvalue weighted by Gasteiger charge is 2.25. The summed E-state index contributed by atoms with van der Waals surface area (Å²) in [7, 11) is 0. The van der Waals surface area contributed by atoms with Crippen LogP contribution in [-0.4, -0.2) is 34.5 Å². The summed E-state index contributed by atoms with van der Waals surface area (Å²) in [6.07, 6.45) is 5.87. The van der Waals surface area contributed by atoms with Crippen LogP contribution in [0.1, 0.15) is 44.1 Å². The Hall–Kier alpha value is -1.84. The van der Waals surface area contributed by atoms with Gasteiger partial charge in [-0.3, -0.25) is 9.59 Å². The van der Waals surface area contributed by atoms with E-state index >= 15 is 0 Å². The Morgan fingerprint density at radius 2 is 1.76 bits per heavy atom. The highest BCUT2D eigenvalue weighted by Crippen LogP contribution is 2.23. The Bertz CT molecular complexity index is 466. The molecule has 1 aliphatic carbocycles. The van der Waals surface area contributed by atoms with Gasteiger partial charge in [0.15, 0.2) is 0 Å². The number of hydrogen-bond acceptors (Lipinski definition) is 2. The smallest absolute Gasteiger partial charge is 0.305 e. The topological polar surface area (TPSA) is 57.6 Å². The van der Waals surface area contributed by atoms with E-state index in [0.717, 1.165) is 31.2 Å². The highest BCUT2D eigenvalue weighted by molar-refractivity contribution is 5.79. The van der Waals surface area contributed by atoms with E-state index < -0.39 is 5.97 Å². The Labute approximate surface area is 125 Å². The normalized spacial score (nSPS) is 15.6. The molecule has 1 aliphatic rings. The van der Waals surface area contributed by atoms with Crippen LogP contribution in [0.2, 0.25) is 0 Å². The molecule has 114 valence electrons. The molecule has 21 heavy (non-hydrogen) atoms. The fourth-order valence-electron chi connectivity index (χ4n) is 2.99. The molecule has 0 unspecified atom stereocenters. The fraction of sp³-hybridized carbons (Fsp3) is 0.529. The summed E-state index contributed by atoms with van der Waals surface area (Å²) in [6.45, 7) is 0.325. The average Bonchev–Trinajstić information content (AvgIpc) is 2.49. The van der Waals surface area contributed by atoms with E-state index in [-0.39, 0.29) is 18.4 Å². The first-order valence-corrected chi connectivity index (χ1v) is 7.72. The fourth-order valence-corrected chi connectivity index (χ4v) is 2.99. The number of carbonyl (C=O) groups is 2. The minimum absolute atomic E-state index is 0.0248. The molecule has 1 aromatic rings. The first-order chi connectivity index (χ1) is 10.2. The van der Waals surface area contributed by atoms with Crippen LogP contribution in [0.25, 0.3) is 0 Å². The molecule has 0 spiro atoms. The maximum absolute atomic E-state index is 12.6. The molecular weight excluding hydrogens is 266 g/mol. The lowest BCUT2D eigenvalue weighted by Gasteiger charge is -2.34. The van der Waals surface area contributed by atoms with Gasteiger partial charge < -0.3 is 10.0 Å². The maximum Gasteiger partial charge on any atom is 0.305 e. The molecule has 1 saturated carbocycles.